The number of hydrogen-bond acceptors (Lipinski definition) is 4. The summed E-state index contributed by atoms with van der Waals surface area (Å²) in [6.07, 6.45) is 86.0. The predicted octanol–water partition coefficient (Wildman–Crippen LogP) is 35.8. The van der Waals surface area contributed by atoms with E-state index in [9.17, 15) is 0 Å². The monoisotopic (exact) mass is 1520 g/mol. The zero-order chi connectivity index (χ0) is 78.3. The summed E-state index contributed by atoms with van der Waals surface area (Å²) < 4.78 is 27.8. The molecule has 0 heterocycles. The normalized spacial score (nSPS) is 12.7. The Morgan fingerprint density at radius 2 is 0.282 bits per heavy atom. The molecule has 4 rings (SSSR count). The first-order chi connectivity index (χ1) is 54.4. The summed E-state index contributed by atoms with van der Waals surface area (Å²) in [5.41, 5.74) is 7.17. The van der Waals surface area contributed by atoms with Crippen LogP contribution < -0.4 is 18.9 Å². The fraction of sp³-hybridized carbons (Fsp3) is 0.755. The van der Waals surface area contributed by atoms with Crippen molar-refractivity contribution < 1.29 is 18.9 Å². The molecule has 4 unspecified atom stereocenters. The highest BCUT2D eigenvalue weighted by Gasteiger charge is 2.21. The Hall–Kier alpha value is -4.18. The van der Waals surface area contributed by atoms with Gasteiger partial charge in [0, 0.05) is 0 Å². The van der Waals surface area contributed by atoms with Gasteiger partial charge >= 0.3 is 0 Å². The second-order valence-corrected chi connectivity index (χ2v) is 34.8. The Morgan fingerprint density at radius 1 is 0.164 bits per heavy atom. The fourth-order valence-corrected chi connectivity index (χ4v) is 17.0. The molecule has 0 N–H and O–H groups in total. The van der Waals surface area contributed by atoms with E-state index in [1.807, 2.05) is 0 Å². The first-order valence-corrected chi connectivity index (χ1v) is 49.1. The van der Waals surface area contributed by atoms with Crippen molar-refractivity contribution in [3.63, 3.8) is 0 Å². The Kier molecular flexibility index (Phi) is 63.7. The van der Waals surface area contributed by atoms with Crippen LogP contribution in [0.5, 0.6) is 23.0 Å². The molecule has 4 aromatic rings. The van der Waals surface area contributed by atoms with Crippen LogP contribution in [0.15, 0.2) is 97.1 Å². The van der Waals surface area contributed by atoms with Gasteiger partial charge in [-0.3, -0.25) is 0 Å². The van der Waals surface area contributed by atoms with E-state index in [0.717, 1.165) is 49.4 Å². The molecular weight excluding hydrogens is 1340 g/mol. The zero-order valence-electron chi connectivity index (χ0n) is 74.3. The van der Waals surface area contributed by atoms with Crippen LogP contribution in [0, 0.1) is 23.7 Å². The van der Waals surface area contributed by atoms with Gasteiger partial charge in [0.25, 0.3) is 0 Å². The molecular formula is C106H180O4. The van der Waals surface area contributed by atoms with Crippen molar-refractivity contribution >= 4 is 11.1 Å². The van der Waals surface area contributed by atoms with Gasteiger partial charge in [-0.25, -0.2) is 0 Å². The molecule has 0 saturated carbocycles. The van der Waals surface area contributed by atoms with Crippen LogP contribution >= 0.6 is 0 Å². The molecule has 4 nitrogen and oxygen atoms in total. The van der Waals surface area contributed by atoms with Gasteiger partial charge in [-0.05, 0) is 157 Å². The molecule has 0 aliphatic carbocycles. The Bertz CT molecular complexity index is 2260. The summed E-state index contributed by atoms with van der Waals surface area (Å²) in [6, 6.07) is 37.1. The summed E-state index contributed by atoms with van der Waals surface area (Å²) in [4.78, 5) is 0. The lowest BCUT2D eigenvalue weighted by molar-refractivity contribution is 0.224. The zero-order valence-corrected chi connectivity index (χ0v) is 74.3. The second kappa shape index (κ2) is 71.4. The molecule has 0 aromatic heterocycles. The van der Waals surface area contributed by atoms with Crippen molar-refractivity contribution in [2.75, 3.05) is 26.4 Å². The van der Waals surface area contributed by atoms with Crippen LogP contribution in [0.25, 0.3) is 11.1 Å². The summed E-state index contributed by atoms with van der Waals surface area (Å²) in [5, 5.41) is 0. The van der Waals surface area contributed by atoms with Gasteiger partial charge in [-0.15, -0.1) is 0 Å². The van der Waals surface area contributed by atoms with Crippen molar-refractivity contribution in [3.8, 4) is 23.0 Å². The molecule has 0 spiro atoms. The number of unbranched alkanes of at least 4 members (excludes halogenated alkanes) is 48. The molecule has 628 valence electrons. The van der Waals surface area contributed by atoms with Crippen molar-refractivity contribution in [2.24, 2.45) is 23.7 Å². The van der Waals surface area contributed by atoms with E-state index >= 15 is 0 Å². The number of ether oxygens (including phenoxy) is 4. The fourth-order valence-electron chi connectivity index (χ4n) is 17.0. The van der Waals surface area contributed by atoms with Crippen LogP contribution in [0.2, 0.25) is 0 Å². The highest BCUT2D eigenvalue weighted by Crippen LogP contribution is 2.40. The Balaban J connectivity index is 1.80. The SMILES string of the molecule is CCCCCCCCCCC(CCCCCCCC)COc1ccc(C(=C(c2ccc(OCC(CCCCCCCC)CCCCCCCCCC)cc2)c2ccc(OCC(CCCCCCCC)CCCCCCCCCC)cc2)c2ccc(OCC(CCCCCCCC)CCCCCCCCCC)cc2)cc1. The van der Waals surface area contributed by atoms with Crippen molar-refractivity contribution in [3.05, 3.63) is 119 Å². The highest BCUT2D eigenvalue weighted by molar-refractivity contribution is 6.04. The third kappa shape index (κ3) is 50.2. The second-order valence-electron chi connectivity index (χ2n) is 34.8. The molecule has 0 fully saturated rings. The third-order valence-corrected chi connectivity index (χ3v) is 24.5. The highest BCUT2D eigenvalue weighted by atomic mass is 16.5. The van der Waals surface area contributed by atoms with Crippen LogP contribution in [-0.2, 0) is 0 Å². The molecule has 0 bridgehead atoms. The van der Waals surface area contributed by atoms with E-state index in [-0.39, 0.29) is 0 Å². The summed E-state index contributed by atoms with van der Waals surface area (Å²) in [5.74, 6) is 6.23. The standard InChI is InChI=1S/C106H180O4/c1-9-17-25-33-41-45-53-61-69-93(65-57-49-37-29-21-13-5)89-107-101-81-73-97(74-82-101)105(98-75-83-102(84-76-98)108-90-94(66-58-50-38-30-22-14-6)70-62-54-46-42-34-26-18-10-2)106(99-77-85-103(86-78-99)109-91-95(67-59-51-39-31-23-15-7)71-63-55-47-43-35-27-19-11-3)100-79-87-104(88-80-100)110-92-96(68-60-52-40-32-24-16-8)72-64-56-48-44-36-28-20-12-4/h73-88,93-96H,9-72,89-92H2,1-8H3. The number of hydrogen-bond donors (Lipinski definition) is 0. The average Bonchev–Trinajstić information content (AvgIpc) is 0.779. The van der Waals surface area contributed by atoms with E-state index in [2.05, 4.69) is 152 Å². The van der Waals surface area contributed by atoms with E-state index in [0.29, 0.717) is 23.7 Å². The van der Waals surface area contributed by atoms with Gasteiger partial charge in [-0.1, -0.05) is 463 Å². The van der Waals surface area contributed by atoms with E-state index in [4.69, 9.17) is 18.9 Å². The van der Waals surface area contributed by atoms with E-state index in [1.54, 1.807) is 0 Å². The van der Waals surface area contributed by atoms with E-state index < -0.39 is 0 Å². The Labute approximate surface area is 684 Å². The van der Waals surface area contributed by atoms with Crippen molar-refractivity contribution in [1.82, 2.24) is 0 Å². The van der Waals surface area contributed by atoms with Crippen LogP contribution in [-0.4, -0.2) is 26.4 Å². The molecule has 0 aliphatic heterocycles. The molecule has 4 atom stereocenters. The minimum absolute atomic E-state index is 0.584. The number of rotatable bonds is 80. The first kappa shape index (κ1) is 98.2. The molecule has 0 saturated heterocycles. The lowest BCUT2D eigenvalue weighted by atomic mass is 9.85. The third-order valence-electron chi connectivity index (χ3n) is 24.5. The van der Waals surface area contributed by atoms with Gasteiger partial charge in [0.15, 0.2) is 0 Å². The van der Waals surface area contributed by atoms with Crippen LogP contribution in [0.3, 0.4) is 0 Å². The van der Waals surface area contributed by atoms with Gasteiger partial charge < -0.3 is 18.9 Å². The molecule has 0 radical (unpaired) electrons. The Morgan fingerprint density at radius 3 is 0.409 bits per heavy atom. The van der Waals surface area contributed by atoms with Crippen molar-refractivity contribution in [1.29, 1.82) is 0 Å². The van der Waals surface area contributed by atoms with Gasteiger partial charge in [0.2, 0.25) is 0 Å². The van der Waals surface area contributed by atoms with Gasteiger partial charge in [0.1, 0.15) is 23.0 Å². The molecule has 4 aromatic carbocycles. The predicted molar refractivity (Wildman–Crippen MR) is 488 cm³/mol. The molecule has 0 amide bonds. The van der Waals surface area contributed by atoms with Crippen molar-refractivity contribution in [2.45, 2.75) is 466 Å². The summed E-state index contributed by atoms with van der Waals surface area (Å²) in [7, 11) is 0. The molecule has 0 aliphatic rings. The van der Waals surface area contributed by atoms with Gasteiger partial charge in [0.05, 0.1) is 26.4 Å². The first-order valence-electron chi connectivity index (χ1n) is 49.1. The van der Waals surface area contributed by atoms with E-state index in [1.165, 1.54) is 444 Å². The minimum atomic E-state index is 0.584. The lowest BCUT2D eigenvalue weighted by Crippen LogP contribution is -2.13. The quantitative estimate of drug-likeness (QED) is 0.0326. The average molecular weight is 1520 g/mol. The van der Waals surface area contributed by atoms with Crippen LogP contribution in [0.1, 0.15) is 489 Å². The molecule has 4 heteroatoms. The summed E-state index contributed by atoms with van der Waals surface area (Å²) in [6.45, 7) is 21.8. The number of benzene rings is 4. The minimum Gasteiger partial charge on any atom is -0.493 e. The smallest absolute Gasteiger partial charge is 0.119 e. The largest absolute Gasteiger partial charge is 0.493 e. The lowest BCUT2D eigenvalue weighted by Gasteiger charge is -2.21. The maximum atomic E-state index is 6.94. The van der Waals surface area contributed by atoms with Crippen LogP contribution in [0.4, 0.5) is 0 Å². The maximum Gasteiger partial charge on any atom is 0.119 e. The summed E-state index contributed by atoms with van der Waals surface area (Å²) >= 11 is 0. The molecule has 110 heavy (non-hydrogen) atoms. The maximum absolute atomic E-state index is 6.94. The topological polar surface area (TPSA) is 36.9 Å². The van der Waals surface area contributed by atoms with Gasteiger partial charge in [-0.2, -0.15) is 0 Å².